The van der Waals surface area contributed by atoms with Gasteiger partial charge >= 0.3 is 0 Å². The smallest absolute Gasteiger partial charge is 0.189 e. The number of nitrogens with zero attached hydrogens (tertiary/aromatic N) is 3. The van der Waals surface area contributed by atoms with Crippen LogP contribution in [0.25, 0.3) is 0 Å². The van der Waals surface area contributed by atoms with Crippen LogP contribution in [0.4, 0.5) is 0 Å². The normalized spacial score (nSPS) is 22.7. The second kappa shape index (κ2) is 6.90. The molecule has 1 fully saturated rings. The summed E-state index contributed by atoms with van der Waals surface area (Å²) in [5.74, 6) is 0.137. The third-order valence-corrected chi connectivity index (χ3v) is 4.68. The quantitative estimate of drug-likeness (QED) is 0.817. The number of hydrogen-bond donors (Lipinski definition) is 1. The van der Waals surface area contributed by atoms with Gasteiger partial charge in [-0.1, -0.05) is 18.5 Å². The average molecular weight is 313 g/mol. The van der Waals surface area contributed by atoms with E-state index in [2.05, 4.69) is 22.2 Å². The second-order valence-electron chi connectivity index (χ2n) is 6.11. The van der Waals surface area contributed by atoms with Gasteiger partial charge in [0.15, 0.2) is 5.78 Å². The number of piperidine rings is 1. The van der Waals surface area contributed by atoms with E-state index in [0.29, 0.717) is 17.3 Å². The van der Waals surface area contributed by atoms with E-state index in [4.69, 9.17) is 11.6 Å². The Morgan fingerprint density at radius 1 is 1.57 bits per heavy atom. The van der Waals surface area contributed by atoms with Crippen molar-refractivity contribution in [1.82, 2.24) is 20.0 Å². The summed E-state index contributed by atoms with van der Waals surface area (Å²) in [4.78, 5) is 15.2. The molecular weight excluding hydrogens is 288 g/mol. The first kappa shape index (κ1) is 16.5. The SMILES string of the molecule is CCC1(C(=O)c2c(Cl)cnn2CCN(C)C)CCCNC1. The zero-order chi connectivity index (χ0) is 15.5. The Bertz CT molecular complexity index is 492. The maximum Gasteiger partial charge on any atom is 0.189 e. The zero-order valence-corrected chi connectivity index (χ0v) is 13.9. The number of carbonyl (C=O) groups excluding carboxylic acids is 1. The molecule has 0 amide bonds. The number of rotatable bonds is 6. The molecule has 0 aliphatic carbocycles. The minimum atomic E-state index is -0.336. The Kier molecular flexibility index (Phi) is 5.41. The number of likely N-dealkylation sites (N-methyl/N-ethyl adjacent to an activating group) is 1. The first-order valence-corrected chi connectivity index (χ1v) is 7.99. The van der Waals surface area contributed by atoms with Crippen molar-refractivity contribution in [2.75, 3.05) is 33.7 Å². The molecule has 1 unspecified atom stereocenters. The van der Waals surface area contributed by atoms with E-state index in [-0.39, 0.29) is 11.2 Å². The topological polar surface area (TPSA) is 50.2 Å². The standard InChI is InChI=1S/C15H25ClN4O/c1-4-15(6-5-7-17-11-15)14(21)13-12(16)10-18-20(13)9-8-19(2)3/h10,17H,4-9,11H2,1-3H3. The van der Waals surface area contributed by atoms with Crippen molar-refractivity contribution in [2.45, 2.75) is 32.7 Å². The first-order valence-electron chi connectivity index (χ1n) is 7.62. The van der Waals surface area contributed by atoms with Crippen LogP contribution in [0.15, 0.2) is 6.20 Å². The van der Waals surface area contributed by atoms with E-state index >= 15 is 0 Å². The van der Waals surface area contributed by atoms with Crippen molar-refractivity contribution < 1.29 is 4.79 Å². The fourth-order valence-electron chi connectivity index (χ4n) is 2.93. The summed E-state index contributed by atoms with van der Waals surface area (Å²) < 4.78 is 1.76. The number of aromatic nitrogens is 2. The van der Waals surface area contributed by atoms with Gasteiger partial charge in [-0.3, -0.25) is 9.48 Å². The lowest BCUT2D eigenvalue weighted by molar-refractivity contribution is 0.0717. The number of nitrogens with one attached hydrogen (secondary N) is 1. The molecule has 0 radical (unpaired) electrons. The third-order valence-electron chi connectivity index (χ3n) is 4.40. The number of halogens is 1. The highest BCUT2D eigenvalue weighted by molar-refractivity contribution is 6.33. The van der Waals surface area contributed by atoms with E-state index < -0.39 is 0 Å². The highest BCUT2D eigenvalue weighted by atomic mass is 35.5. The van der Waals surface area contributed by atoms with Crippen LogP contribution in [-0.2, 0) is 6.54 Å². The van der Waals surface area contributed by atoms with Crippen LogP contribution in [0, 0.1) is 5.41 Å². The molecule has 0 bridgehead atoms. The molecule has 1 aromatic rings. The summed E-state index contributed by atoms with van der Waals surface area (Å²) >= 11 is 6.26. The molecule has 5 nitrogen and oxygen atoms in total. The van der Waals surface area contributed by atoms with E-state index in [1.54, 1.807) is 10.9 Å². The van der Waals surface area contributed by atoms with Gasteiger partial charge in [0.1, 0.15) is 5.69 Å². The highest BCUT2D eigenvalue weighted by Crippen LogP contribution is 2.35. The number of Topliss-reactive ketones (excluding diaryl/α,β-unsaturated/α-hetero) is 1. The Morgan fingerprint density at radius 2 is 2.33 bits per heavy atom. The Hall–Kier alpha value is -0.910. The van der Waals surface area contributed by atoms with Gasteiger partial charge in [0, 0.05) is 18.5 Å². The van der Waals surface area contributed by atoms with Crippen LogP contribution in [0.1, 0.15) is 36.7 Å². The van der Waals surface area contributed by atoms with Gasteiger partial charge in [0.2, 0.25) is 0 Å². The monoisotopic (exact) mass is 312 g/mol. The van der Waals surface area contributed by atoms with Crippen molar-refractivity contribution in [3.05, 3.63) is 16.9 Å². The summed E-state index contributed by atoms with van der Waals surface area (Å²) in [6, 6.07) is 0. The Labute approximate surface area is 131 Å². The summed E-state index contributed by atoms with van der Waals surface area (Å²) in [6.45, 7) is 5.31. The average Bonchev–Trinajstić information content (AvgIpc) is 2.86. The summed E-state index contributed by atoms with van der Waals surface area (Å²) in [7, 11) is 4.01. The van der Waals surface area contributed by atoms with E-state index in [9.17, 15) is 4.79 Å². The van der Waals surface area contributed by atoms with Crippen molar-refractivity contribution in [1.29, 1.82) is 0 Å². The summed E-state index contributed by atoms with van der Waals surface area (Å²) in [5.41, 5.74) is 0.238. The predicted molar refractivity (Wildman–Crippen MR) is 84.9 cm³/mol. The van der Waals surface area contributed by atoms with E-state index in [1.807, 2.05) is 14.1 Å². The fraction of sp³-hybridized carbons (Fsp3) is 0.733. The van der Waals surface area contributed by atoms with Crippen LogP contribution in [0.2, 0.25) is 5.02 Å². The molecule has 118 valence electrons. The zero-order valence-electron chi connectivity index (χ0n) is 13.2. The number of ketones is 1. The molecule has 1 aliphatic rings. The summed E-state index contributed by atoms with van der Waals surface area (Å²) in [6.07, 6.45) is 4.37. The number of hydrogen-bond acceptors (Lipinski definition) is 4. The second-order valence-corrected chi connectivity index (χ2v) is 6.52. The van der Waals surface area contributed by atoms with Crippen LogP contribution in [0.5, 0.6) is 0 Å². The van der Waals surface area contributed by atoms with Crippen LogP contribution in [0.3, 0.4) is 0 Å². The number of carbonyl (C=O) groups is 1. The molecule has 0 saturated carbocycles. The van der Waals surface area contributed by atoms with Crippen LogP contribution >= 0.6 is 11.6 Å². The molecule has 0 spiro atoms. The lowest BCUT2D eigenvalue weighted by Crippen LogP contribution is -2.46. The molecule has 2 heterocycles. The molecule has 0 aromatic carbocycles. The van der Waals surface area contributed by atoms with Crippen molar-refractivity contribution in [3.8, 4) is 0 Å². The van der Waals surface area contributed by atoms with Crippen molar-refractivity contribution in [3.63, 3.8) is 0 Å². The highest BCUT2D eigenvalue weighted by Gasteiger charge is 2.40. The Balaban J connectivity index is 2.27. The first-order chi connectivity index (χ1) is 10.00. The van der Waals surface area contributed by atoms with Crippen LogP contribution < -0.4 is 5.32 Å². The molecule has 21 heavy (non-hydrogen) atoms. The third kappa shape index (κ3) is 3.47. The van der Waals surface area contributed by atoms with Crippen molar-refractivity contribution >= 4 is 17.4 Å². The molecule has 1 saturated heterocycles. The predicted octanol–water partition coefficient (Wildman–Crippen LogP) is 2.06. The fourth-order valence-corrected chi connectivity index (χ4v) is 3.15. The molecule has 6 heteroatoms. The van der Waals surface area contributed by atoms with Gasteiger partial charge in [-0.05, 0) is 39.9 Å². The van der Waals surface area contributed by atoms with Crippen LogP contribution in [-0.4, -0.2) is 54.2 Å². The molecule has 2 rings (SSSR count). The largest absolute Gasteiger partial charge is 0.316 e. The lowest BCUT2D eigenvalue weighted by atomic mass is 9.74. The lowest BCUT2D eigenvalue weighted by Gasteiger charge is -2.35. The molecule has 1 atom stereocenters. The van der Waals surface area contributed by atoms with Gasteiger partial charge in [-0.25, -0.2) is 0 Å². The maximum absolute atomic E-state index is 13.1. The maximum atomic E-state index is 13.1. The molecular formula is C15H25ClN4O. The molecule has 1 aliphatic heterocycles. The van der Waals surface area contributed by atoms with Gasteiger partial charge < -0.3 is 10.2 Å². The summed E-state index contributed by atoms with van der Waals surface area (Å²) in [5, 5.41) is 8.11. The van der Waals surface area contributed by atoms with E-state index in [0.717, 1.165) is 38.9 Å². The van der Waals surface area contributed by atoms with Crippen molar-refractivity contribution in [2.24, 2.45) is 5.41 Å². The van der Waals surface area contributed by atoms with Gasteiger partial charge in [-0.15, -0.1) is 0 Å². The van der Waals surface area contributed by atoms with E-state index in [1.165, 1.54) is 0 Å². The van der Waals surface area contributed by atoms with Gasteiger partial charge in [0.05, 0.1) is 17.8 Å². The molecule has 1 N–H and O–H groups in total. The molecule has 1 aromatic heterocycles. The Morgan fingerprint density at radius 3 is 2.90 bits per heavy atom. The minimum Gasteiger partial charge on any atom is -0.316 e. The van der Waals surface area contributed by atoms with Gasteiger partial charge in [0.25, 0.3) is 0 Å². The van der Waals surface area contributed by atoms with Gasteiger partial charge in [-0.2, -0.15) is 5.10 Å². The minimum absolute atomic E-state index is 0.137.